The first kappa shape index (κ1) is 15.3. The molecule has 1 aromatic carbocycles. The normalized spacial score (nSPS) is 12.3. The van der Waals surface area contributed by atoms with Crippen molar-refractivity contribution in [1.29, 1.82) is 0 Å². The second-order valence-electron chi connectivity index (χ2n) is 5.51. The average molecular weight is 311 g/mol. The molecule has 2 heterocycles. The molecule has 0 saturated carbocycles. The monoisotopic (exact) mass is 311 g/mol. The number of nitrogens with zero attached hydrogens (tertiary/aromatic N) is 4. The van der Waals surface area contributed by atoms with Crippen molar-refractivity contribution in [3.63, 3.8) is 0 Å². The summed E-state index contributed by atoms with van der Waals surface area (Å²) in [7, 11) is 5.60. The Kier molecular flexibility index (Phi) is 4.43. The van der Waals surface area contributed by atoms with Gasteiger partial charge in [-0.25, -0.2) is 4.98 Å². The maximum absolute atomic E-state index is 5.24. The number of methoxy groups -OCH3 is 1. The topological polar surface area (TPSA) is 56.9 Å². The van der Waals surface area contributed by atoms with E-state index >= 15 is 0 Å². The summed E-state index contributed by atoms with van der Waals surface area (Å²) in [5, 5.41) is 7.78. The molecular weight excluding hydrogens is 290 g/mol. The zero-order valence-corrected chi connectivity index (χ0v) is 13.6. The summed E-state index contributed by atoms with van der Waals surface area (Å²) in [5.74, 6) is 1.82. The van der Waals surface area contributed by atoms with Gasteiger partial charge in [0.2, 0.25) is 0 Å². The smallest absolute Gasteiger partial charge is 0.130 e. The Bertz CT molecular complexity index is 759. The maximum atomic E-state index is 5.24. The molecule has 0 fully saturated rings. The van der Waals surface area contributed by atoms with Gasteiger partial charge in [-0.3, -0.25) is 10.00 Å². The number of nitrogens with one attached hydrogen (secondary N) is 1. The SMILES string of the molecule is COc1ccc([C@@H](NCc2cnn(C)c2)c2nccn2C)cc1. The van der Waals surface area contributed by atoms with Crippen molar-refractivity contribution >= 4 is 0 Å². The van der Waals surface area contributed by atoms with Crippen molar-refractivity contribution in [3.8, 4) is 5.75 Å². The van der Waals surface area contributed by atoms with E-state index < -0.39 is 0 Å². The van der Waals surface area contributed by atoms with Crippen molar-refractivity contribution in [1.82, 2.24) is 24.6 Å². The van der Waals surface area contributed by atoms with Gasteiger partial charge in [0.05, 0.1) is 19.3 Å². The Balaban J connectivity index is 1.85. The van der Waals surface area contributed by atoms with Gasteiger partial charge in [-0.15, -0.1) is 0 Å². The highest BCUT2D eigenvalue weighted by Gasteiger charge is 2.18. The molecule has 6 nitrogen and oxygen atoms in total. The quantitative estimate of drug-likeness (QED) is 0.757. The zero-order valence-electron chi connectivity index (χ0n) is 13.6. The number of hydrogen-bond donors (Lipinski definition) is 1. The van der Waals surface area contributed by atoms with E-state index in [0.717, 1.165) is 29.2 Å². The number of aryl methyl sites for hydroxylation is 2. The number of aromatic nitrogens is 4. The Morgan fingerprint density at radius 1 is 1.22 bits per heavy atom. The van der Waals surface area contributed by atoms with Crippen LogP contribution in [-0.4, -0.2) is 26.4 Å². The van der Waals surface area contributed by atoms with Gasteiger partial charge >= 0.3 is 0 Å². The van der Waals surface area contributed by atoms with E-state index in [1.165, 1.54) is 0 Å². The van der Waals surface area contributed by atoms with Gasteiger partial charge in [-0.2, -0.15) is 5.10 Å². The molecule has 0 saturated heterocycles. The summed E-state index contributed by atoms with van der Waals surface area (Å²) in [6, 6.07) is 8.07. The summed E-state index contributed by atoms with van der Waals surface area (Å²) in [6.07, 6.45) is 7.65. The molecule has 0 spiro atoms. The first-order valence-corrected chi connectivity index (χ1v) is 7.49. The molecular formula is C17H21N5O. The molecule has 0 aliphatic carbocycles. The van der Waals surface area contributed by atoms with Crippen molar-refractivity contribution in [2.24, 2.45) is 14.1 Å². The molecule has 0 aliphatic rings. The third-order valence-corrected chi connectivity index (χ3v) is 3.83. The van der Waals surface area contributed by atoms with Gasteiger partial charge in [0.15, 0.2) is 0 Å². The molecule has 1 atom stereocenters. The first-order valence-electron chi connectivity index (χ1n) is 7.49. The lowest BCUT2D eigenvalue weighted by molar-refractivity contribution is 0.414. The van der Waals surface area contributed by atoms with Crippen LogP contribution >= 0.6 is 0 Å². The Labute approximate surface area is 135 Å². The molecule has 3 aromatic rings. The first-order chi connectivity index (χ1) is 11.2. The second-order valence-corrected chi connectivity index (χ2v) is 5.51. The Hall–Kier alpha value is -2.60. The summed E-state index contributed by atoms with van der Waals surface area (Å²) in [6.45, 7) is 0.720. The summed E-state index contributed by atoms with van der Waals surface area (Å²) < 4.78 is 9.08. The fourth-order valence-electron chi connectivity index (χ4n) is 2.59. The van der Waals surface area contributed by atoms with Crippen LogP contribution in [0.25, 0.3) is 0 Å². The minimum Gasteiger partial charge on any atom is -0.497 e. The van der Waals surface area contributed by atoms with E-state index in [0.29, 0.717) is 0 Å². The van der Waals surface area contributed by atoms with Crippen LogP contribution in [0, 0.1) is 0 Å². The molecule has 120 valence electrons. The van der Waals surface area contributed by atoms with Crippen molar-refractivity contribution in [2.45, 2.75) is 12.6 Å². The number of hydrogen-bond acceptors (Lipinski definition) is 4. The average Bonchev–Trinajstić information content (AvgIpc) is 3.17. The van der Waals surface area contributed by atoms with Crippen LogP contribution in [0.2, 0.25) is 0 Å². The second kappa shape index (κ2) is 6.66. The maximum Gasteiger partial charge on any atom is 0.130 e. The van der Waals surface area contributed by atoms with Gasteiger partial charge in [-0.05, 0) is 17.7 Å². The molecule has 0 aliphatic heterocycles. The van der Waals surface area contributed by atoms with Crippen molar-refractivity contribution in [3.05, 3.63) is 66.0 Å². The van der Waals surface area contributed by atoms with E-state index in [4.69, 9.17) is 4.74 Å². The summed E-state index contributed by atoms with van der Waals surface area (Å²) in [4.78, 5) is 4.50. The third-order valence-electron chi connectivity index (χ3n) is 3.83. The number of ether oxygens (including phenoxy) is 1. The fourth-order valence-corrected chi connectivity index (χ4v) is 2.59. The molecule has 3 rings (SSSR count). The van der Waals surface area contributed by atoms with Crippen LogP contribution in [-0.2, 0) is 20.6 Å². The predicted octanol–water partition coefficient (Wildman–Crippen LogP) is 2.04. The third kappa shape index (κ3) is 3.43. The van der Waals surface area contributed by atoms with Crippen LogP contribution in [0.4, 0.5) is 0 Å². The van der Waals surface area contributed by atoms with Gasteiger partial charge < -0.3 is 9.30 Å². The molecule has 1 N–H and O–H groups in total. The van der Waals surface area contributed by atoms with Gasteiger partial charge in [0.1, 0.15) is 11.6 Å². The molecule has 0 bridgehead atoms. The lowest BCUT2D eigenvalue weighted by Gasteiger charge is -2.19. The van der Waals surface area contributed by atoms with E-state index in [1.54, 1.807) is 11.8 Å². The molecule has 6 heteroatoms. The fraction of sp³-hybridized carbons (Fsp3) is 0.294. The minimum atomic E-state index is 0.00103. The van der Waals surface area contributed by atoms with Gasteiger partial charge in [0, 0.05) is 44.8 Å². The van der Waals surface area contributed by atoms with Crippen LogP contribution in [0.15, 0.2) is 49.1 Å². The minimum absolute atomic E-state index is 0.00103. The Morgan fingerprint density at radius 3 is 2.57 bits per heavy atom. The predicted molar refractivity (Wildman–Crippen MR) is 88.1 cm³/mol. The van der Waals surface area contributed by atoms with Crippen molar-refractivity contribution < 1.29 is 4.74 Å². The molecule has 0 amide bonds. The molecule has 2 aromatic heterocycles. The molecule has 0 unspecified atom stereocenters. The highest BCUT2D eigenvalue weighted by molar-refractivity contribution is 5.32. The Morgan fingerprint density at radius 2 is 2.00 bits per heavy atom. The van der Waals surface area contributed by atoms with Gasteiger partial charge in [-0.1, -0.05) is 12.1 Å². The standard InChI is InChI=1S/C17H21N5O/c1-21-9-8-18-17(21)16(14-4-6-15(23-3)7-5-14)19-10-13-11-20-22(2)12-13/h4-9,11-12,16,19H,10H2,1-3H3/t16-/m1/s1. The number of rotatable bonds is 6. The number of imidazole rings is 1. The van der Waals surface area contributed by atoms with Crippen LogP contribution in [0.1, 0.15) is 23.0 Å². The highest BCUT2D eigenvalue weighted by Crippen LogP contribution is 2.23. The lowest BCUT2D eigenvalue weighted by atomic mass is 10.1. The van der Waals surface area contributed by atoms with Crippen LogP contribution in [0.3, 0.4) is 0 Å². The molecule has 0 radical (unpaired) electrons. The largest absolute Gasteiger partial charge is 0.497 e. The van der Waals surface area contributed by atoms with Gasteiger partial charge in [0.25, 0.3) is 0 Å². The summed E-state index contributed by atoms with van der Waals surface area (Å²) in [5.41, 5.74) is 2.28. The summed E-state index contributed by atoms with van der Waals surface area (Å²) >= 11 is 0. The van der Waals surface area contributed by atoms with Crippen molar-refractivity contribution in [2.75, 3.05) is 7.11 Å². The van der Waals surface area contributed by atoms with E-state index in [1.807, 2.05) is 55.6 Å². The van der Waals surface area contributed by atoms with E-state index in [9.17, 15) is 0 Å². The van der Waals surface area contributed by atoms with Crippen LogP contribution in [0.5, 0.6) is 5.75 Å². The lowest BCUT2D eigenvalue weighted by Crippen LogP contribution is -2.24. The van der Waals surface area contributed by atoms with Crippen LogP contribution < -0.4 is 10.1 Å². The number of benzene rings is 1. The highest BCUT2D eigenvalue weighted by atomic mass is 16.5. The van der Waals surface area contributed by atoms with E-state index in [-0.39, 0.29) is 6.04 Å². The molecule has 23 heavy (non-hydrogen) atoms. The zero-order chi connectivity index (χ0) is 16.2. The van der Waals surface area contributed by atoms with E-state index in [2.05, 4.69) is 27.5 Å².